The largest absolute Gasteiger partial charge is 0.393 e. The number of rotatable bonds is 6. The van der Waals surface area contributed by atoms with Crippen LogP contribution in [0.5, 0.6) is 0 Å². The van der Waals surface area contributed by atoms with Gasteiger partial charge in [0, 0.05) is 5.41 Å². The zero-order valence-electron chi connectivity index (χ0n) is 9.09. The van der Waals surface area contributed by atoms with Crippen LogP contribution in [0.1, 0.15) is 40.0 Å². The van der Waals surface area contributed by atoms with E-state index in [0.29, 0.717) is 0 Å². The molecule has 0 aromatic carbocycles. The Balaban J connectivity index is 4.67. The molecule has 0 heterocycles. The first kappa shape index (κ1) is 12.4. The van der Waals surface area contributed by atoms with Crippen molar-refractivity contribution in [1.82, 2.24) is 0 Å². The zero-order valence-corrected chi connectivity index (χ0v) is 9.09. The predicted molar refractivity (Wildman–Crippen MR) is 58.6 cm³/mol. The van der Waals surface area contributed by atoms with Crippen LogP contribution in [0, 0.1) is 5.41 Å². The molecule has 1 N–H and O–H groups in total. The van der Waals surface area contributed by atoms with Crippen LogP contribution in [-0.2, 0) is 0 Å². The van der Waals surface area contributed by atoms with Crippen molar-refractivity contribution in [2.45, 2.75) is 46.1 Å². The highest BCUT2D eigenvalue weighted by Crippen LogP contribution is 2.34. The minimum absolute atomic E-state index is 0.0920. The average Bonchev–Trinajstić information content (AvgIpc) is 2.05. The van der Waals surface area contributed by atoms with Crippen molar-refractivity contribution in [2.24, 2.45) is 5.41 Å². The van der Waals surface area contributed by atoms with Gasteiger partial charge in [0.1, 0.15) is 0 Å². The summed E-state index contributed by atoms with van der Waals surface area (Å²) >= 11 is 0. The molecule has 76 valence electrons. The highest BCUT2D eigenvalue weighted by atomic mass is 16.3. The zero-order chi connectivity index (χ0) is 10.3. The normalized spacial score (nSPS) is 18.5. The van der Waals surface area contributed by atoms with Crippen LogP contribution in [-0.4, -0.2) is 11.2 Å². The Hall–Kier alpha value is -0.560. The fraction of sp³-hybridized carbons (Fsp3) is 0.667. The monoisotopic (exact) mass is 182 g/mol. The molecular formula is C12H22O. The third-order valence-electron chi connectivity index (χ3n) is 2.57. The van der Waals surface area contributed by atoms with E-state index in [1.165, 1.54) is 0 Å². The number of allylic oxidation sites excluding steroid dienone is 2. The molecule has 0 amide bonds. The van der Waals surface area contributed by atoms with E-state index in [2.05, 4.69) is 19.6 Å². The van der Waals surface area contributed by atoms with Crippen LogP contribution in [0.3, 0.4) is 0 Å². The molecule has 13 heavy (non-hydrogen) atoms. The molecule has 2 atom stereocenters. The molecule has 0 rings (SSSR count). The third kappa shape index (κ3) is 3.35. The van der Waals surface area contributed by atoms with Crippen molar-refractivity contribution >= 4 is 0 Å². The Kier molecular flexibility index (Phi) is 5.72. The maximum absolute atomic E-state index is 9.76. The second-order valence-corrected chi connectivity index (χ2v) is 3.65. The first-order valence-corrected chi connectivity index (χ1v) is 5.05. The second kappa shape index (κ2) is 5.98. The van der Waals surface area contributed by atoms with Crippen LogP contribution in [0.25, 0.3) is 0 Å². The standard InChI is InChI=1S/C12H22O/c1-5-8-12(9-6-2,10-7-3)11(4)13/h5-6,9,11,13H,1,7-8,10H2,2-4H3/b9-6+. The first-order chi connectivity index (χ1) is 6.13. The SMILES string of the molecule is C=CCC(/C=C/C)(CCC)C(C)O. The van der Waals surface area contributed by atoms with Crippen LogP contribution >= 0.6 is 0 Å². The molecule has 2 unspecified atom stereocenters. The van der Waals surface area contributed by atoms with Gasteiger partial charge in [0.2, 0.25) is 0 Å². The van der Waals surface area contributed by atoms with Crippen molar-refractivity contribution in [3.63, 3.8) is 0 Å². The van der Waals surface area contributed by atoms with E-state index < -0.39 is 0 Å². The van der Waals surface area contributed by atoms with E-state index >= 15 is 0 Å². The number of aliphatic hydroxyl groups is 1. The minimum atomic E-state index is -0.304. The number of aliphatic hydroxyl groups excluding tert-OH is 1. The van der Waals surface area contributed by atoms with Gasteiger partial charge in [-0.05, 0) is 26.7 Å². The molecule has 0 aromatic rings. The molecule has 0 spiro atoms. The maximum Gasteiger partial charge on any atom is 0.0605 e. The van der Waals surface area contributed by atoms with Crippen molar-refractivity contribution in [3.8, 4) is 0 Å². The van der Waals surface area contributed by atoms with Gasteiger partial charge in [0.15, 0.2) is 0 Å². The number of hydrogen-bond acceptors (Lipinski definition) is 1. The van der Waals surface area contributed by atoms with E-state index in [1.807, 2.05) is 26.0 Å². The van der Waals surface area contributed by atoms with Crippen LogP contribution in [0.2, 0.25) is 0 Å². The number of hydrogen-bond donors (Lipinski definition) is 1. The molecular weight excluding hydrogens is 160 g/mol. The van der Waals surface area contributed by atoms with Crippen molar-refractivity contribution in [1.29, 1.82) is 0 Å². The fourth-order valence-corrected chi connectivity index (χ4v) is 1.84. The third-order valence-corrected chi connectivity index (χ3v) is 2.57. The molecule has 0 saturated carbocycles. The summed E-state index contributed by atoms with van der Waals surface area (Å²) in [6.07, 6.45) is 8.67. The van der Waals surface area contributed by atoms with Crippen molar-refractivity contribution in [3.05, 3.63) is 24.8 Å². The predicted octanol–water partition coefficient (Wildman–Crippen LogP) is 3.31. The van der Waals surface area contributed by atoms with E-state index in [4.69, 9.17) is 0 Å². The summed E-state index contributed by atoms with van der Waals surface area (Å²) in [6.45, 7) is 9.75. The van der Waals surface area contributed by atoms with E-state index in [0.717, 1.165) is 19.3 Å². The summed E-state index contributed by atoms with van der Waals surface area (Å²) in [7, 11) is 0. The summed E-state index contributed by atoms with van der Waals surface area (Å²) in [4.78, 5) is 0. The molecule has 0 aliphatic carbocycles. The summed E-state index contributed by atoms with van der Waals surface area (Å²) in [6, 6.07) is 0. The maximum atomic E-state index is 9.76. The Labute approximate surface area is 82.2 Å². The summed E-state index contributed by atoms with van der Waals surface area (Å²) in [5.74, 6) is 0. The van der Waals surface area contributed by atoms with Crippen LogP contribution in [0.4, 0.5) is 0 Å². The molecule has 1 nitrogen and oxygen atoms in total. The first-order valence-electron chi connectivity index (χ1n) is 5.05. The van der Waals surface area contributed by atoms with Gasteiger partial charge < -0.3 is 5.11 Å². The lowest BCUT2D eigenvalue weighted by molar-refractivity contribution is 0.0689. The highest BCUT2D eigenvalue weighted by molar-refractivity contribution is 5.04. The summed E-state index contributed by atoms with van der Waals surface area (Å²) in [5, 5.41) is 9.76. The van der Waals surface area contributed by atoms with Crippen molar-refractivity contribution in [2.75, 3.05) is 0 Å². The Bertz CT molecular complexity index is 170. The molecule has 0 aliphatic heterocycles. The molecule has 0 aliphatic rings. The smallest absolute Gasteiger partial charge is 0.0605 e. The molecule has 1 heteroatoms. The lowest BCUT2D eigenvalue weighted by atomic mass is 9.75. The fourth-order valence-electron chi connectivity index (χ4n) is 1.84. The topological polar surface area (TPSA) is 20.2 Å². The van der Waals surface area contributed by atoms with Crippen molar-refractivity contribution < 1.29 is 5.11 Å². The molecule has 0 bridgehead atoms. The minimum Gasteiger partial charge on any atom is -0.393 e. The molecule has 0 radical (unpaired) electrons. The lowest BCUT2D eigenvalue weighted by Crippen LogP contribution is -2.30. The van der Waals surface area contributed by atoms with Crippen LogP contribution < -0.4 is 0 Å². The van der Waals surface area contributed by atoms with Crippen LogP contribution in [0.15, 0.2) is 24.8 Å². The van der Waals surface area contributed by atoms with Gasteiger partial charge in [-0.15, -0.1) is 6.58 Å². The highest BCUT2D eigenvalue weighted by Gasteiger charge is 2.29. The Morgan fingerprint density at radius 3 is 2.46 bits per heavy atom. The van der Waals surface area contributed by atoms with Gasteiger partial charge in [0.25, 0.3) is 0 Å². The molecule has 0 aromatic heterocycles. The average molecular weight is 182 g/mol. The van der Waals surface area contributed by atoms with Gasteiger partial charge in [-0.2, -0.15) is 0 Å². The van der Waals surface area contributed by atoms with Gasteiger partial charge in [-0.3, -0.25) is 0 Å². The second-order valence-electron chi connectivity index (χ2n) is 3.65. The molecule has 0 saturated heterocycles. The van der Waals surface area contributed by atoms with E-state index in [9.17, 15) is 5.11 Å². The lowest BCUT2D eigenvalue weighted by Gasteiger charge is -2.32. The van der Waals surface area contributed by atoms with Gasteiger partial charge in [-0.1, -0.05) is 31.6 Å². The van der Waals surface area contributed by atoms with Gasteiger partial charge in [0.05, 0.1) is 6.10 Å². The van der Waals surface area contributed by atoms with E-state index in [1.54, 1.807) is 0 Å². The Morgan fingerprint density at radius 1 is 1.54 bits per heavy atom. The van der Waals surface area contributed by atoms with E-state index in [-0.39, 0.29) is 11.5 Å². The quantitative estimate of drug-likeness (QED) is 0.625. The molecule has 0 fully saturated rings. The van der Waals surface area contributed by atoms with Gasteiger partial charge >= 0.3 is 0 Å². The van der Waals surface area contributed by atoms with Gasteiger partial charge in [-0.25, -0.2) is 0 Å². The summed E-state index contributed by atoms with van der Waals surface area (Å²) < 4.78 is 0. The Morgan fingerprint density at radius 2 is 2.15 bits per heavy atom. The summed E-state index contributed by atoms with van der Waals surface area (Å²) in [5.41, 5.74) is -0.0920.